The second kappa shape index (κ2) is 28.3. The van der Waals surface area contributed by atoms with Crippen LogP contribution in [-0.2, 0) is 46.9 Å². The molecule has 3 aliphatic heterocycles. The van der Waals surface area contributed by atoms with E-state index in [9.17, 15) is 9.59 Å². The van der Waals surface area contributed by atoms with E-state index in [1.807, 2.05) is 19.1 Å². The molecule has 16 atom stereocenters. The third kappa shape index (κ3) is 15.7. The van der Waals surface area contributed by atoms with Crippen molar-refractivity contribution in [2.24, 2.45) is 41.4 Å². The molecular weight excluding hydrogens is 900 g/mol. The van der Waals surface area contributed by atoms with Crippen LogP contribution in [0.25, 0.3) is 0 Å². The van der Waals surface area contributed by atoms with E-state index in [4.69, 9.17) is 52.2 Å². The lowest BCUT2D eigenvalue weighted by Crippen LogP contribution is -2.58. The molecule has 5 rings (SSSR count). The van der Waals surface area contributed by atoms with Crippen molar-refractivity contribution >= 4 is 20.5 Å². The molecule has 0 saturated carbocycles. The fourth-order valence-electron chi connectivity index (χ4n) is 9.67. The quantitative estimate of drug-likeness (QED) is 0.0526. The first-order valence-corrected chi connectivity index (χ1v) is 26.7. The van der Waals surface area contributed by atoms with Crippen LogP contribution < -0.4 is 0 Å². The van der Waals surface area contributed by atoms with E-state index in [0.717, 1.165) is 19.3 Å². The summed E-state index contributed by atoms with van der Waals surface area (Å²) in [6.45, 7) is 27.3. The average Bonchev–Trinajstić information content (AvgIpc) is 3.34. The highest BCUT2D eigenvalue weighted by Gasteiger charge is 2.50. The van der Waals surface area contributed by atoms with Gasteiger partial charge in [-0.05, 0) is 101 Å². The largest absolute Gasteiger partial charge is 0.455 e. The first kappa shape index (κ1) is 56.8. The number of hydrogen-bond acceptors (Lipinski definition) is 14. The van der Waals surface area contributed by atoms with Gasteiger partial charge in [0, 0.05) is 36.4 Å². The van der Waals surface area contributed by atoms with E-state index in [0.29, 0.717) is 62.2 Å². The highest BCUT2D eigenvalue weighted by Crippen LogP contribution is 2.46. The number of rotatable bonds is 25. The summed E-state index contributed by atoms with van der Waals surface area (Å²) < 4.78 is 66.8. The molecule has 3 saturated heterocycles. The molecule has 386 valence electrons. The molecule has 14 nitrogen and oxygen atoms in total. The SMILES string of the molecule is CCC1OC(OCC2OC(OCC3OC(OCCCCCOP(OCCC#N)N(C(C)C)C(C)C)C(OC(=O)c4ccccc4)C(C)C3OC(=O)c3ccccc3)C(C)C(C)C2C)C(C)C(C)C1C. The minimum Gasteiger partial charge on any atom is -0.455 e. The summed E-state index contributed by atoms with van der Waals surface area (Å²) in [4.78, 5) is 27.5. The molecular formula is C54H83N2O12P. The smallest absolute Gasteiger partial charge is 0.338 e. The summed E-state index contributed by atoms with van der Waals surface area (Å²) in [6, 6.07) is 20.1. The van der Waals surface area contributed by atoms with Gasteiger partial charge in [-0.2, -0.15) is 5.26 Å². The number of ether oxygens (including phenoxy) is 8. The van der Waals surface area contributed by atoms with Gasteiger partial charge in [-0.15, -0.1) is 0 Å². The van der Waals surface area contributed by atoms with Crippen molar-refractivity contribution in [2.75, 3.05) is 33.0 Å². The molecule has 2 aromatic rings. The van der Waals surface area contributed by atoms with Gasteiger partial charge in [0.15, 0.2) is 25.0 Å². The Bertz CT molecular complexity index is 1850. The highest BCUT2D eigenvalue weighted by molar-refractivity contribution is 7.44. The molecule has 3 fully saturated rings. The average molecular weight is 983 g/mol. The van der Waals surface area contributed by atoms with E-state index < -0.39 is 57.3 Å². The molecule has 69 heavy (non-hydrogen) atoms. The zero-order valence-corrected chi connectivity index (χ0v) is 44.3. The number of benzene rings is 2. The van der Waals surface area contributed by atoms with Gasteiger partial charge >= 0.3 is 11.9 Å². The molecule has 2 aromatic carbocycles. The minimum atomic E-state index is -1.34. The van der Waals surface area contributed by atoms with Crippen LogP contribution in [0, 0.1) is 52.8 Å². The Labute approximate surface area is 414 Å². The number of unbranched alkanes of at least 4 members (excludes halogenated alkanes) is 2. The molecule has 3 aliphatic rings. The second-order valence-electron chi connectivity index (χ2n) is 20.0. The van der Waals surface area contributed by atoms with E-state index in [1.54, 1.807) is 48.5 Å². The molecule has 0 bridgehead atoms. The number of carbonyl (C=O) groups is 2. The number of esters is 2. The Morgan fingerprint density at radius 1 is 0.580 bits per heavy atom. The van der Waals surface area contributed by atoms with Crippen molar-refractivity contribution in [3.05, 3.63) is 71.8 Å². The molecule has 0 spiro atoms. The first-order chi connectivity index (χ1) is 33.1. The van der Waals surface area contributed by atoms with Crippen LogP contribution in [-0.4, -0.2) is 111 Å². The standard InChI is InChI=1S/C54H83N2O12P/c1-13-45-38(8)36(6)40(10)52(64-45)60-32-46-39(9)37(7)41(11)53(65-46)61-33-47-48(67-50(57)43-24-17-14-18-25-43)42(12)49(68-51(58)44-26-19-15-20-27-44)54(66-47)59-29-21-16-22-30-62-69(63-31-23-28-55)56(34(2)3)35(4)5/h14-15,17-20,24-27,34-42,45-49,52-54H,13,16,21-23,29-33H2,1-12H3. The maximum absolute atomic E-state index is 13.8. The summed E-state index contributed by atoms with van der Waals surface area (Å²) >= 11 is 0. The van der Waals surface area contributed by atoms with E-state index in [2.05, 4.69) is 86.9 Å². The molecule has 3 heterocycles. The molecule has 15 heteroatoms. The Balaban J connectivity index is 1.30. The van der Waals surface area contributed by atoms with Crippen molar-refractivity contribution in [1.29, 1.82) is 5.26 Å². The lowest BCUT2D eigenvalue weighted by molar-refractivity contribution is -0.314. The normalized spacial score (nSPS) is 32.2. The van der Waals surface area contributed by atoms with Gasteiger partial charge < -0.3 is 46.9 Å². The van der Waals surface area contributed by atoms with Crippen LogP contribution in [0.3, 0.4) is 0 Å². The lowest BCUT2D eigenvalue weighted by Gasteiger charge is -2.47. The number of nitrogens with zero attached hydrogens (tertiary/aromatic N) is 2. The van der Waals surface area contributed by atoms with Crippen LogP contribution in [0.2, 0.25) is 0 Å². The number of nitriles is 1. The van der Waals surface area contributed by atoms with Crippen molar-refractivity contribution in [2.45, 2.75) is 177 Å². The highest BCUT2D eigenvalue weighted by atomic mass is 31.2. The molecule has 16 unspecified atom stereocenters. The van der Waals surface area contributed by atoms with Crippen LogP contribution in [0.1, 0.15) is 136 Å². The molecule has 0 radical (unpaired) electrons. The maximum Gasteiger partial charge on any atom is 0.338 e. The van der Waals surface area contributed by atoms with E-state index >= 15 is 0 Å². The molecule has 0 N–H and O–H groups in total. The first-order valence-electron chi connectivity index (χ1n) is 25.6. The van der Waals surface area contributed by atoms with E-state index in [1.165, 1.54) is 0 Å². The fourth-order valence-corrected chi connectivity index (χ4v) is 11.3. The third-order valence-electron chi connectivity index (χ3n) is 14.6. The Morgan fingerprint density at radius 3 is 1.59 bits per heavy atom. The zero-order valence-electron chi connectivity index (χ0n) is 43.4. The summed E-state index contributed by atoms with van der Waals surface area (Å²) in [5.41, 5.74) is 0.758. The van der Waals surface area contributed by atoms with Crippen LogP contribution in [0.5, 0.6) is 0 Å². The number of hydrogen-bond donors (Lipinski definition) is 0. The summed E-state index contributed by atoms with van der Waals surface area (Å²) in [5, 5.41) is 9.09. The number of carbonyl (C=O) groups excluding carboxylic acids is 2. The van der Waals surface area contributed by atoms with Crippen LogP contribution in [0.4, 0.5) is 0 Å². The summed E-state index contributed by atoms with van der Waals surface area (Å²) in [7, 11) is -1.34. The van der Waals surface area contributed by atoms with Crippen LogP contribution in [0.15, 0.2) is 60.7 Å². The van der Waals surface area contributed by atoms with E-state index in [-0.39, 0.29) is 60.9 Å². The predicted octanol–water partition coefficient (Wildman–Crippen LogP) is 11.0. The van der Waals surface area contributed by atoms with Gasteiger partial charge in [0.25, 0.3) is 8.53 Å². The van der Waals surface area contributed by atoms with Gasteiger partial charge in [-0.25, -0.2) is 14.3 Å². The van der Waals surface area contributed by atoms with Crippen molar-refractivity contribution in [1.82, 2.24) is 4.67 Å². The van der Waals surface area contributed by atoms with Gasteiger partial charge in [0.1, 0.15) is 12.2 Å². The Hall–Kier alpha value is -3.06. The predicted molar refractivity (Wildman–Crippen MR) is 265 cm³/mol. The Morgan fingerprint density at radius 2 is 1.06 bits per heavy atom. The van der Waals surface area contributed by atoms with Crippen molar-refractivity contribution < 1.29 is 56.5 Å². The van der Waals surface area contributed by atoms with Gasteiger partial charge in [-0.3, -0.25) is 0 Å². The maximum atomic E-state index is 13.8. The molecule has 0 aromatic heterocycles. The lowest BCUT2D eigenvalue weighted by atomic mass is 9.78. The van der Waals surface area contributed by atoms with Crippen molar-refractivity contribution in [3.63, 3.8) is 0 Å². The Kier molecular flexibility index (Phi) is 23.3. The fraction of sp³-hybridized carbons (Fsp3) is 0.722. The van der Waals surface area contributed by atoms with Gasteiger partial charge in [0.05, 0.1) is 62.3 Å². The van der Waals surface area contributed by atoms with Crippen molar-refractivity contribution in [3.8, 4) is 6.07 Å². The molecule has 0 amide bonds. The zero-order chi connectivity index (χ0) is 50.2. The molecule has 0 aliphatic carbocycles. The topological polar surface area (TPSA) is 153 Å². The second-order valence-corrected chi connectivity index (χ2v) is 21.5. The third-order valence-corrected chi connectivity index (χ3v) is 16.7. The van der Waals surface area contributed by atoms with Gasteiger partial charge in [0.2, 0.25) is 0 Å². The van der Waals surface area contributed by atoms with Crippen LogP contribution >= 0.6 is 8.53 Å². The minimum absolute atomic E-state index is 0.0108. The summed E-state index contributed by atoms with van der Waals surface area (Å²) in [6.07, 6.45) is -1.24. The van der Waals surface area contributed by atoms with Gasteiger partial charge in [-0.1, -0.05) is 91.8 Å². The summed E-state index contributed by atoms with van der Waals surface area (Å²) in [5.74, 6) is -0.0723. The monoisotopic (exact) mass is 983 g/mol.